The molecule has 5 nitrogen and oxygen atoms in total. The number of rotatable bonds is 6. The van der Waals surface area contributed by atoms with Gasteiger partial charge in [-0.3, -0.25) is 14.7 Å². The number of piperidine rings is 1. The molecule has 2 aliphatic rings. The highest BCUT2D eigenvalue weighted by atomic mass is 16.5. The van der Waals surface area contributed by atoms with E-state index in [0.717, 1.165) is 38.9 Å². The van der Waals surface area contributed by atoms with E-state index in [2.05, 4.69) is 39.0 Å². The number of amides is 1. The second-order valence-corrected chi connectivity index (χ2v) is 7.79. The van der Waals surface area contributed by atoms with Crippen LogP contribution in [0.3, 0.4) is 0 Å². The van der Waals surface area contributed by atoms with Crippen LogP contribution in [-0.2, 0) is 16.0 Å². The van der Waals surface area contributed by atoms with Gasteiger partial charge in [-0.05, 0) is 42.5 Å². The van der Waals surface area contributed by atoms with Crippen molar-refractivity contribution in [2.75, 3.05) is 26.7 Å². The Morgan fingerprint density at radius 2 is 1.82 bits per heavy atom. The number of pyridine rings is 1. The Bertz CT molecular complexity index is 760. The monoisotopic (exact) mass is 379 g/mol. The van der Waals surface area contributed by atoms with E-state index >= 15 is 0 Å². The third-order valence-electron chi connectivity index (χ3n) is 6.21. The summed E-state index contributed by atoms with van der Waals surface area (Å²) in [6, 6.07) is 15.3. The summed E-state index contributed by atoms with van der Waals surface area (Å²) in [6.45, 7) is 2.68. The molecule has 3 heterocycles. The molecule has 1 aromatic heterocycles. The molecule has 2 atom stereocenters. The standard InChI is InChI=1S/C23H29N3O2/c1-28-21-17-26(23(21)19-9-13-24-14-10-19)20-11-15-25(16-12-20)22(27)8-7-18-5-3-2-4-6-18/h2-6,9-10,13-14,20-21,23H,7-8,11-12,15-17H2,1H3. The Hall–Kier alpha value is -2.24. The second-order valence-electron chi connectivity index (χ2n) is 7.79. The number of carbonyl (C=O) groups is 1. The van der Waals surface area contributed by atoms with Crippen LogP contribution >= 0.6 is 0 Å². The summed E-state index contributed by atoms with van der Waals surface area (Å²) in [5.41, 5.74) is 2.51. The van der Waals surface area contributed by atoms with Crippen LogP contribution in [0.2, 0.25) is 0 Å². The first-order valence-electron chi connectivity index (χ1n) is 10.3. The van der Waals surface area contributed by atoms with Gasteiger partial charge in [0.25, 0.3) is 0 Å². The maximum atomic E-state index is 12.6. The lowest BCUT2D eigenvalue weighted by molar-refractivity contribution is -0.137. The number of nitrogens with zero attached hydrogens (tertiary/aromatic N) is 3. The van der Waals surface area contributed by atoms with Gasteiger partial charge < -0.3 is 9.64 Å². The van der Waals surface area contributed by atoms with Crippen molar-refractivity contribution in [2.45, 2.75) is 43.9 Å². The summed E-state index contributed by atoms with van der Waals surface area (Å²) >= 11 is 0. The van der Waals surface area contributed by atoms with Crippen LogP contribution in [0.15, 0.2) is 54.9 Å². The first-order chi connectivity index (χ1) is 13.8. The van der Waals surface area contributed by atoms with Crippen molar-refractivity contribution in [2.24, 2.45) is 0 Å². The molecule has 2 unspecified atom stereocenters. The van der Waals surface area contributed by atoms with Crippen LogP contribution in [-0.4, -0.2) is 59.6 Å². The molecule has 0 radical (unpaired) electrons. The average molecular weight is 380 g/mol. The number of hydrogen-bond acceptors (Lipinski definition) is 4. The van der Waals surface area contributed by atoms with Crippen LogP contribution < -0.4 is 0 Å². The Labute approximate surface area is 167 Å². The van der Waals surface area contributed by atoms with Gasteiger partial charge in [-0.1, -0.05) is 30.3 Å². The number of benzene rings is 1. The van der Waals surface area contributed by atoms with Gasteiger partial charge in [0.2, 0.25) is 5.91 Å². The fourth-order valence-corrected chi connectivity index (χ4v) is 4.54. The topological polar surface area (TPSA) is 45.7 Å². The van der Waals surface area contributed by atoms with Gasteiger partial charge >= 0.3 is 0 Å². The SMILES string of the molecule is COC1CN(C2CCN(C(=O)CCc3ccccc3)CC2)C1c1ccncc1. The average Bonchev–Trinajstić information content (AvgIpc) is 2.74. The van der Waals surface area contributed by atoms with E-state index in [9.17, 15) is 4.79 Å². The molecule has 0 spiro atoms. The summed E-state index contributed by atoms with van der Waals surface area (Å²) in [6.07, 6.45) is 7.45. The van der Waals surface area contributed by atoms with Crippen molar-refractivity contribution < 1.29 is 9.53 Å². The third-order valence-corrected chi connectivity index (χ3v) is 6.21. The van der Waals surface area contributed by atoms with Crippen molar-refractivity contribution in [3.05, 3.63) is 66.0 Å². The molecule has 148 valence electrons. The van der Waals surface area contributed by atoms with Gasteiger partial charge in [0, 0.05) is 51.6 Å². The van der Waals surface area contributed by atoms with Gasteiger partial charge in [-0.15, -0.1) is 0 Å². The van der Waals surface area contributed by atoms with E-state index in [1.54, 1.807) is 7.11 Å². The molecule has 28 heavy (non-hydrogen) atoms. The Balaban J connectivity index is 1.29. The Morgan fingerprint density at radius 3 is 2.50 bits per heavy atom. The summed E-state index contributed by atoms with van der Waals surface area (Å²) in [5.74, 6) is 0.284. The highest BCUT2D eigenvalue weighted by Gasteiger charge is 2.44. The molecule has 2 fully saturated rings. The van der Waals surface area contributed by atoms with Gasteiger partial charge in [-0.25, -0.2) is 0 Å². The predicted octanol–water partition coefficient (Wildman–Crippen LogP) is 3.08. The van der Waals surface area contributed by atoms with E-state index in [-0.39, 0.29) is 12.0 Å². The summed E-state index contributed by atoms with van der Waals surface area (Å²) in [7, 11) is 1.80. The van der Waals surface area contributed by atoms with E-state index < -0.39 is 0 Å². The molecule has 5 heteroatoms. The molecule has 2 aliphatic heterocycles. The summed E-state index contributed by atoms with van der Waals surface area (Å²) in [4.78, 5) is 21.3. The van der Waals surface area contributed by atoms with Crippen LogP contribution in [0.1, 0.15) is 36.4 Å². The lowest BCUT2D eigenvalue weighted by atomic mass is 9.87. The van der Waals surface area contributed by atoms with Crippen LogP contribution in [0.5, 0.6) is 0 Å². The molecule has 0 bridgehead atoms. The first-order valence-corrected chi connectivity index (χ1v) is 10.3. The fourth-order valence-electron chi connectivity index (χ4n) is 4.54. The number of carbonyl (C=O) groups excluding carboxylic acids is 1. The number of methoxy groups -OCH3 is 1. The molecule has 2 aromatic rings. The number of aromatic nitrogens is 1. The number of ether oxygens (including phenoxy) is 1. The van der Waals surface area contributed by atoms with Gasteiger partial charge in [0.1, 0.15) is 0 Å². The van der Waals surface area contributed by atoms with E-state index in [4.69, 9.17) is 4.74 Å². The highest BCUT2D eigenvalue weighted by molar-refractivity contribution is 5.76. The predicted molar refractivity (Wildman–Crippen MR) is 109 cm³/mol. The Kier molecular flexibility index (Phi) is 6.03. The van der Waals surface area contributed by atoms with Gasteiger partial charge in [0.05, 0.1) is 12.1 Å². The Morgan fingerprint density at radius 1 is 1.11 bits per heavy atom. The largest absolute Gasteiger partial charge is 0.378 e. The van der Waals surface area contributed by atoms with Crippen molar-refractivity contribution in [3.63, 3.8) is 0 Å². The lowest BCUT2D eigenvalue weighted by Gasteiger charge is -2.53. The quantitative estimate of drug-likeness (QED) is 0.774. The molecular formula is C23H29N3O2. The minimum Gasteiger partial charge on any atom is -0.378 e. The summed E-state index contributed by atoms with van der Waals surface area (Å²) in [5, 5.41) is 0. The van der Waals surface area contributed by atoms with Crippen LogP contribution in [0, 0.1) is 0 Å². The zero-order valence-electron chi connectivity index (χ0n) is 16.5. The van der Waals surface area contributed by atoms with E-state index in [1.807, 2.05) is 30.6 Å². The van der Waals surface area contributed by atoms with Crippen molar-refractivity contribution in [1.29, 1.82) is 0 Å². The minimum absolute atomic E-state index is 0.243. The van der Waals surface area contributed by atoms with E-state index in [1.165, 1.54) is 11.1 Å². The molecule has 4 rings (SSSR count). The van der Waals surface area contributed by atoms with Crippen molar-refractivity contribution in [3.8, 4) is 0 Å². The highest BCUT2D eigenvalue weighted by Crippen LogP contribution is 2.39. The molecular weight excluding hydrogens is 350 g/mol. The molecule has 0 aliphatic carbocycles. The molecule has 1 amide bonds. The van der Waals surface area contributed by atoms with Crippen LogP contribution in [0.4, 0.5) is 0 Å². The molecule has 0 saturated carbocycles. The second kappa shape index (κ2) is 8.84. The number of likely N-dealkylation sites (tertiary alicyclic amines) is 2. The zero-order valence-corrected chi connectivity index (χ0v) is 16.5. The number of aryl methyl sites for hydroxylation is 1. The normalized spacial score (nSPS) is 23.4. The number of hydrogen-bond donors (Lipinski definition) is 0. The van der Waals surface area contributed by atoms with Crippen LogP contribution in [0.25, 0.3) is 0 Å². The maximum Gasteiger partial charge on any atom is 0.222 e. The molecule has 0 N–H and O–H groups in total. The van der Waals surface area contributed by atoms with E-state index in [0.29, 0.717) is 18.5 Å². The maximum absolute atomic E-state index is 12.6. The zero-order chi connectivity index (χ0) is 19.3. The van der Waals surface area contributed by atoms with Gasteiger partial charge in [-0.2, -0.15) is 0 Å². The van der Waals surface area contributed by atoms with Gasteiger partial charge in [0.15, 0.2) is 0 Å². The fraction of sp³-hybridized carbons (Fsp3) is 0.478. The lowest BCUT2D eigenvalue weighted by Crippen LogP contribution is -2.60. The smallest absolute Gasteiger partial charge is 0.222 e. The summed E-state index contributed by atoms with van der Waals surface area (Å²) < 4.78 is 5.68. The first kappa shape index (κ1) is 19.1. The minimum atomic E-state index is 0.243. The van der Waals surface area contributed by atoms with Crippen molar-refractivity contribution >= 4 is 5.91 Å². The van der Waals surface area contributed by atoms with Crippen molar-refractivity contribution in [1.82, 2.24) is 14.8 Å². The third kappa shape index (κ3) is 4.10. The molecule has 1 aromatic carbocycles. The molecule has 2 saturated heterocycles.